The largest absolute Gasteiger partial charge is 0.384 e. The van der Waals surface area contributed by atoms with Gasteiger partial charge in [0, 0.05) is 63.6 Å². The van der Waals surface area contributed by atoms with Gasteiger partial charge < -0.3 is 25.4 Å². The summed E-state index contributed by atoms with van der Waals surface area (Å²) in [7, 11) is 6.41. The molecule has 0 aliphatic rings. The van der Waals surface area contributed by atoms with E-state index in [0.717, 1.165) is 56.5 Å². The summed E-state index contributed by atoms with van der Waals surface area (Å²) in [6.07, 6.45) is 31.3. The van der Waals surface area contributed by atoms with Crippen LogP contribution in [0.1, 0.15) is 119 Å². The fourth-order valence-electron chi connectivity index (χ4n) is 4.13. The first kappa shape index (κ1) is 53.1. The van der Waals surface area contributed by atoms with Gasteiger partial charge in [0.05, 0.1) is 6.61 Å². The third kappa shape index (κ3) is 38.8. The van der Waals surface area contributed by atoms with E-state index in [1.807, 2.05) is 27.7 Å². The smallest absolute Gasteiger partial charge is 0.249 e. The summed E-state index contributed by atoms with van der Waals surface area (Å²) in [4.78, 5) is 36.5. The second-order valence-electron chi connectivity index (χ2n) is 12.0. The van der Waals surface area contributed by atoms with Crippen LogP contribution >= 0.6 is 21.6 Å². The van der Waals surface area contributed by atoms with Crippen molar-refractivity contribution in [1.82, 2.24) is 16.0 Å². The Hall–Kier alpha value is -2.27. The van der Waals surface area contributed by atoms with Gasteiger partial charge in [0.2, 0.25) is 17.7 Å². The quantitative estimate of drug-likeness (QED) is 0.0397. The molecular formula is C41H75N3O5S2. The predicted molar refractivity (Wildman–Crippen MR) is 225 cm³/mol. The highest BCUT2D eigenvalue weighted by atomic mass is 33.1. The van der Waals surface area contributed by atoms with Crippen molar-refractivity contribution in [3.63, 3.8) is 0 Å². The highest BCUT2D eigenvalue weighted by Gasteiger charge is 2.35. The number of allylic oxidation sites excluding steroid dienone is 10. The van der Waals surface area contributed by atoms with Crippen LogP contribution in [-0.4, -0.2) is 75.8 Å². The summed E-state index contributed by atoms with van der Waals surface area (Å²) in [5.74, 6) is 1.30. The number of carbonyl (C=O) groups excluding carboxylic acids is 3. The van der Waals surface area contributed by atoms with Crippen LogP contribution in [0.4, 0.5) is 0 Å². The van der Waals surface area contributed by atoms with E-state index in [9.17, 15) is 14.4 Å². The van der Waals surface area contributed by atoms with Crippen molar-refractivity contribution in [3.05, 3.63) is 60.8 Å². The molecule has 0 aliphatic carbocycles. The SMILES string of the molecule is CC.CC/C=C\C/C=C\C/C=C\C/C=C\C/C=C\CCCC(=O)NCCSSCCNC(=O)CCNC(=O)C(OC)C(C)(C)COC.CCCC. The molecule has 0 saturated carbocycles. The van der Waals surface area contributed by atoms with Gasteiger partial charge >= 0.3 is 0 Å². The first-order chi connectivity index (χ1) is 24.7. The van der Waals surface area contributed by atoms with Gasteiger partial charge in [-0.25, -0.2) is 0 Å². The minimum Gasteiger partial charge on any atom is -0.384 e. The molecule has 0 bridgehead atoms. The number of nitrogens with one attached hydrogen (secondary N) is 3. The maximum atomic E-state index is 12.4. The van der Waals surface area contributed by atoms with Crippen molar-refractivity contribution in [2.75, 3.05) is 52.0 Å². The van der Waals surface area contributed by atoms with Gasteiger partial charge in [0.1, 0.15) is 6.10 Å². The fourth-order valence-corrected chi connectivity index (χ4v) is 5.94. The minimum absolute atomic E-state index is 0.0892. The molecule has 0 saturated heterocycles. The fraction of sp³-hybridized carbons (Fsp3) is 0.683. The molecule has 0 fully saturated rings. The Bertz CT molecular complexity index is 963. The lowest BCUT2D eigenvalue weighted by molar-refractivity contribution is -0.140. The summed E-state index contributed by atoms with van der Waals surface area (Å²) in [6.45, 7) is 16.1. The molecule has 0 aromatic rings. The number of hydrogen-bond donors (Lipinski definition) is 3. The van der Waals surface area contributed by atoms with Gasteiger partial charge in [-0.1, -0.05) is 144 Å². The molecule has 1 atom stereocenters. The summed E-state index contributed by atoms with van der Waals surface area (Å²) in [5, 5.41) is 8.60. The molecule has 8 nitrogen and oxygen atoms in total. The van der Waals surface area contributed by atoms with Gasteiger partial charge in [0.15, 0.2) is 0 Å². The number of amides is 3. The van der Waals surface area contributed by atoms with Gasteiger partial charge in [0.25, 0.3) is 0 Å². The second-order valence-corrected chi connectivity index (χ2v) is 14.7. The molecule has 0 radical (unpaired) electrons. The van der Waals surface area contributed by atoms with E-state index in [2.05, 4.69) is 97.5 Å². The number of methoxy groups -OCH3 is 2. The van der Waals surface area contributed by atoms with Gasteiger partial charge in [-0.15, -0.1) is 0 Å². The van der Waals surface area contributed by atoms with E-state index in [1.165, 1.54) is 20.0 Å². The number of hydrogen-bond acceptors (Lipinski definition) is 7. The summed E-state index contributed by atoms with van der Waals surface area (Å²) >= 11 is 0. The van der Waals surface area contributed by atoms with E-state index in [1.54, 1.807) is 28.7 Å². The van der Waals surface area contributed by atoms with Crippen molar-refractivity contribution in [2.24, 2.45) is 5.41 Å². The topological polar surface area (TPSA) is 106 Å². The number of rotatable bonds is 29. The molecule has 1 unspecified atom stereocenters. The second kappa shape index (κ2) is 42.1. The average Bonchev–Trinajstić information content (AvgIpc) is 3.11. The molecular weight excluding hydrogens is 679 g/mol. The number of unbranched alkanes of at least 4 members (excludes halogenated alkanes) is 2. The standard InChI is InChI=1S/C35H59N3O5S2.C4H10.C2H6/c1-6-7-8-9-10-11-12-13-14-15-16-17-18-19-20-21-22-23-31(39)36-26-28-44-45-29-27-37-32(40)24-25-38-34(41)33(43-5)35(2,3)30-42-4;1-3-4-2;1-2/h7-8,10-11,13-14,16-17,19-20,33H,6,9,12,15,18,21-30H2,1-5H3,(H,36,39)(H,37,40)(H,38,41);3-4H2,1-2H3;1-2H3/b8-7-,11-10-,14-13-,17-16-,20-19-;;. The number of ether oxygens (including phenoxy) is 2. The van der Waals surface area contributed by atoms with Gasteiger partial charge in [-0.2, -0.15) is 0 Å². The Morgan fingerprint density at radius 3 is 1.53 bits per heavy atom. The molecule has 0 aromatic heterocycles. The molecule has 3 amide bonds. The van der Waals surface area contributed by atoms with Crippen LogP contribution in [0.25, 0.3) is 0 Å². The molecule has 0 spiro atoms. The van der Waals surface area contributed by atoms with Crippen LogP contribution in [-0.2, 0) is 23.9 Å². The Morgan fingerprint density at radius 2 is 1.10 bits per heavy atom. The van der Waals surface area contributed by atoms with Crippen molar-refractivity contribution in [3.8, 4) is 0 Å². The van der Waals surface area contributed by atoms with E-state index in [4.69, 9.17) is 9.47 Å². The van der Waals surface area contributed by atoms with Crippen LogP contribution in [0.5, 0.6) is 0 Å². The predicted octanol–water partition coefficient (Wildman–Crippen LogP) is 9.55. The van der Waals surface area contributed by atoms with E-state index < -0.39 is 11.5 Å². The van der Waals surface area contributed by atoms with Crippen molar-refractivity contribution in [1.29, 1.82) is 0 Å². The third-order valence-corrected chi connectivity index (χ3v) is 9.29. The zero-order chi connectivity index (χ0) is 38.9. The van der Waals surface area contributed by atoms with Crippen molar-refractivity contribution < 1.29 is 23.9 Å². The molecule has 0 aromatic carbocycles. The Labute approximate surface area is 321 Å². The molecule has 0 rings (SSSR count). The molecule has 0 heterocycles. The lowest BCUT2D eigenvalue weighted by Gasteiger charge is -2.31. The third-order valence-electron chi connectivity index (χ3n) is 6.88. The molecule has 51 heavy (non-hydrogen) atoms. The Balaban J connectivity index is -0.00000356. The minimum atomic E-state index is -0.659. The van der Waals surface area contributed by atoms with Crippen LogP contribution in [0.15, 0.2) is 60.8 Å². The van der Waals surface area contributed by atoms with E-state index >= 15 is 0 Å². The van der Waals surface area contributed by atoms with E-state index in [0.29, 0.717) is 26.1 Å². The monoisotopic (exact) mass is 754 g/mol. The molecule has 10 heteroatoms. The normalized spacial score (nSPS) is 12.3. The van der Waals surface area contributed by atoms with Crippen molar-refractivity contribution >= 4 is 39.3 Å². The van der Waals surface area contributed by atoms with Gasteiger partial charge in [-0.05, 0) is 44.9 Å². The maximum Gasteiger partial charge on any atom is 0.249 e. The molecule has 3 N–H and O–H groups in total. The van der Waals surface area contributed by atoms with Crippen LogP contribution in [0.3, 0.4) is 0 Å². The van der Waals surface area contributed by atoms with Crippen molar-refractivity contribution in [2.45, 2.75) is 125 Å². The lowest BCUT2D eigenvalue weighted by Crippen LogP contribution is -2.47. The maximum absolute atomic E-state index is 12.4. The Morgan fingerprint density at radius 1 is 0.647 bits per heavy atom. The summed E-state index contributed by atoms with van der Waals surface area (Å²) in [5.41, 5.74) is -0.481. The molecule has 296 valence electrons. The lowest BCUT2D eigenvalue weighted by atomic mass is 9.86. The highest BCUT2D eigenvalue weighted by Crippen LogP contribution is 2.23. The zero-order valence-corrected chi connectivity index (χ0v) is 35.4. The summed E-state index contributed by atoms with van der Waals surface area (Å²) < 4.78 is 10.5. The highest BCUT2D eigenvalue weighted by molar-refractivity contribution is 8.76. The van der Waals surface area contributed by atoms with Gasteiger partial charge in [-0.3, -0.25) is 14.4 Å². The average molecular weight is 754 g/mol. The van der Waals surface area contributed by atoms with Crippen LogP contribution in [0, 0.1) is 5.41 Å². The Kier molecular flexibility index (Phi) is 43.9. The summed E-state index contributed by atoms with van der Waals surface area (Å²) in [6, 6.07) is 0. The van der Waals surface area contributed by atoms with Crippen LogP contribution < -0.4 is 16.0 Å². The molecule has 0 aliphatic heterocycles. The zero-order valence-electron chi connectivity index (χ0n) is 33.7. The van der Waals surface area contributed by atoms with Crippen LogP contribution in [0.2, 0.25) is 0 Å². The van der Waals surface area contributed by atoms with E-state index in [-0.39, 0.29) is 30.7 Å². The first-order valence-electron chi connectivity index (χ1n) is 19.0. The first-order valence-corrected chi connectivity index (χ1v) is 21.5. The number of carbonyl (C=O) groups is 3.